The monoisotopic (exact) mass is 413 g/mol. The van der Waals surface area contributed by atoms with Gasteiger partial charge in [0.25, 0.3) is 0 Å². The number of rotatable bonds is 8. The molecule has 0 aromatic heterocycles. The molecule has 1 aliphatic rings. The fourth-order valence-electron chi connectivity index (χ4n) is 3.68. The van der Waals surface area contributed by atoms with Crippen LogP contribution in [-0.2, 0) is 0 Å². The number of likely N-dealkylation sites (N-methyl/N-ethyl adjacent to an activating group) is 1. The third-order valence-corrected chi connectivity index (χ3v) is 6.73. The van der Waals surface area contributed by atoms with E-state index in [1.54, 1.807) is 0 Å². The molecule has 1 unspecified atom stereocenters. The van der Waals surface area contributed by atoms with Crippen LogP contribution in [0.5, 0.6) is 0 Å². The smallest absolute Gasteiger partial charge is 0.106 e. The molecule has 1 aliphatic heterocycles. The molecule has 0 bridgehead atoms. The summed E-state index contributed by atoms with van der Waals surface area (Å²) in [5, 5.41) is 3.37. The summed E-state index contributed by atoms with van der Waals surface area (Å²) >= 11 is 7.49. The Morgan fingerprint density at radius 1 is 1.07 bits per heavy atom. The van der Waals surface area contributed by atoms with Crippen LogP contribution in [0, 0.1) is 0 Å². The number of para-hydroxylation sites is 1. The van der Waals surface area contributed by atoms with E-state index < -0.39 is 0 Å². The molecule has 0 saturated carbocycles. The number of anilines is 2. The molecule has 2 aromatic carbocycles. The first-order valence-corrected chi connectivity index (χ1v) is 11.5. The summed E-state index contributed by atoms with van der Waals surface area (Å²) in [5.74, 6) is 0. The lowest BCUT2D eigenvalue weighted by molar-refractivity contribution is 0.288. The van der Waals surface area contributed by atoms with Crippen molar-refractivity contribution in [1.29, 1.82) is 0 Å². The van der Waals surface area contributed by atoms with E-state index in [-0.39, 0.29) is 0 Å². The van der Waals surface area contributed by atoms with Gasteiger partial charge < -0.3 is 15.1 Å². The predicted octanol–water partition coefficient (Wildman–Crippen LogP) is 5.69. The van der Waals surface area contributed by atoms with Crippen LogP contribution in [0.2, 0.25) is 0 Å². The first-order valence-electron chi connectivity index (χ1n) is 10.3. The van der Waals surface area contributed by atoms with E-state index in [0.717, 1.165) is 43.2 Å². The maximum absolute atomic E-state index is 5.64. The number of hydrogen-bond donors (Lipinski definition) is 1. The average molecular weight is 414 g/mol. The van der Waals surface area contributed by atoms with Crippen LogP contribution in [-0.4, -0.2) is 42.1 Å². The van der Waals surface area contributed by atoms with E-state index in [4.69, 9.17) is 12.2 Å². The van der Waals surface area contributed by atoms with Crippen molar-refractivity contribution in [1.82, 2.24) is 10.2 Å². The van der Waals surface area contributed by atoms with Gasteiger partial charge in [0.1, 0.15) is 4.99 Å². The molecule has 1 heterocycles. The molecule has 0 saturated heterocycles. The molecule has 3 rings (SSSR count). The van der Waals surface area contributed by atoms with Crippen molar-refractivity contribution < 1.29 is 0 Å². The molecule has 28 heavy (non-hydrogen) atoms. The van der Waals surface area contributed by atoms with Gasteiger partial charge in [-0.25, -0.2) is 0 Å². The van der Waals surface area contributed by atoms with Crippen molar-refractivity contribution in [3.05, 3.63) is 48.0 Å². The Bertz CT molecular complexity index is 817. The van der Waals surface area contributed by atoms with Gasteiger partial charge in [0.15, 0.2) is 0 Å². The summed E-state index contributed by atoms with van der Waals surface area (Å²) < 4.78 is 0. The Labute approximate surface area is 179 Å². The largest absolute Gasteiger partial charge is 0.376 e. The van der Waals surface area contributed by atoms with Gasteiger partial charge in [-0.15, -0.1) is 0 Å². The molecule has 1 N–H and O–H groups in total. The SMILES string of the molecule is CCCNC(=S)c1ccc2c(c1)N(C(C)CN(CC)CC)c1ccccc1S2. The highest BCUT2D eigenvalue weighted by Crippen LogP contribution is 2.49. The molecule has 0 aliphatic carbocycles. The van der Waals surface area contributed by atoms with Crippen LogP contribution < -0.4 is 10.2 Å². The van der Waals surface area contributed by atoms with Crippen molar-refractivity contribution in [2.45, 2.75) is 49.9 Å². The van der Waals surface area contributed by atoms with Gasteiger partial charge in [-0.2, -0.15) is 0 Å². The van der Waals surface area contributed by atoms with Crippen molar-refractivity contribution in [2.75, 3.05) is 31.1 Å². The van der Waals surface area contributed by atoms with Crippen LogP contribution >= 0.6 is 24.0 Å². The zero-order valence-electron chi connectivity index (χ0n) is 17.4. The van der Waals surface area contributed by atoms with Crippen molar-refractivity contribution >= 4 is 40.3 Å². The van der Waals surface area contributed by atoms with Crippen LogP contribution in [0.3, 0.4) is 0 Å². The molecule has 5 heteroatoms. The average Bonchev–Trinajstić information content (AvgIpc) is 2.73. The molecule has 2 aromatic rings. The highest BCUT2D eigenvalue weighted by Gasteiger charge is 2.28. The van der Waals surface area contributed by atoms with E-state index in [9.17, 15) is 0 Å². The molecule has 150 valence electrons. The zero-order valence-corrected chi connectivity index (χ0v) is 19.0. The molecule has 0 fully saturated rings. The van der Waals surface area contributed by atoms with E-state index in [1.165, 1.54) is 21.2 Å². The molecular formula is C23H31N3S2. The summed E-state index contributed by atoms with van der Waals surface area (Å²) in [6.45, 7) is 13.1. The molecule has 0 spiro atoms. The van der Waals surface area contributed by atoms with E-state index in [0.29, 0.717) is 6.04 Å². The van der Waals surface area contributed by atoms with Gasteiger partial charge in [0.2, 0.25) is 0 Å². The number of nitrogens with one attached hydrogen (secondary N) is 1. The zero-order chi connectivity index (χ0) is 20.1. The standard InChI is InChI=1S/C23H31N3S2/c1-5-14-24-23(27)18-12-13-22-20(15-18)26(17(4)16-25(6-2)7-3)19-10-8-9-11-21(19)28-22/h8-13,15,17H,5-7,14,16H2,1-4H3,(H,24,27). The third kappa shape index (κ3) is 4.53. The highest BCUT2D eigenvalue weighted by atomic mass is 32.2. The van der Waals surface area contributed by atoms with Gasteiger partial charge in [-0.1, -0.05) is 63.0 Å². The number of nitrogens with zero attached hydrogens (tertiary/aromatic N) is 2. The van der Waals surface area contributed by atoms with E-state index in [2.05, 4.69) is 85.3 Å². The minimum absolute atomic E-state index is 0.369. The summed E-state index contributed by atoms with van der Waals surface area (Å²) in [7, 11) is 0. The maximum atomic E-state index is 5.64. The lowest BCUT2D eigenvalue weighted by Crippen LogP contribution is -2.41. The van der Waals surface area contributed by atoms with Crippen LogP contribution in [0.15, 0.2) is 52.3 Å². The van der Waals surface area contributed by atoms with Crippen LogP contribution in [0.1, 0.15) is 39.7 Å². The summed E-state index contributed by atoms with van der Waals surface area (Å²) in [4.78, 5) is 8.45. The third-order valence-electron chi connectivity index (χ3n) is 5.22. The number of thiocarbonyl (C=S) groups is 1. The molecule has 0 radical (unpaired) electrons. The van der Waals surface area contributed by atoms with Gasteiger partial charge in [0.05, 0.1) is 11.4 Å². The number of benzene rings is 2. The quantitative estimate of drug-likeness (QED) is 0.558. The van der Waals surface area contributed by atoms with Crippen molar-refractivity contribution in [3.8, 4) is 0 Å². The molecule has 3 nitrogen and oxygen atoms in total. The summed E-state index contributed by atoms with van der Waals surface area (Å²) in [6, 6.07) is 15.7. The lowest BCUT2D eigenvalue weighted by Gasteiger charge is -2.39. The number of fused-ring (bicyclic) bond motifs is 2. The Morgan fingerprint density at radius 2 is 1.79 bits per heavy atom. The van der Waals surface area contributed by atoms with Gasteiger partial charge in [0, 0.05) is 34.5 Å². The van der Waals surface area contributed by atoms with E-state index in [1.807, 2.05) is 11.8 Å². The van der Waals surface area contributed by atoms with Crippen LogP contribution in [0.4, 0.5) is 11.4 Å². The minimum Gasteiger partial charge on any atom is -0.376 e. The van der Waals surface area contributed by atoms with Gasteiger partial charge in [-0.3, -0.25) is 0 Å². The predicted molar refractivity (Wildman–Crippen MR) is 126 cm³/mol. The Balaban J connectivity index is 1.99. The first-order chi connectivity index (χ1) is 13.6. The number of hydrogen-bond acceptors (Lipinski definition) is 4. The fraction of sp³-hybridized carbons (Fsp3) is 0.435. The van der Waals surface area contributed by atoms with E-state index >= 15 is 0 Å². The topological polar surface area (TPSA) is 18.5 Å². The Morgan fingerprint density at radius 3 is 2.50 bits per heavy atom. The maximum Gasteiger partial charge on any atom is 0.106 e. The van der Waals surface area contributed by atoms with Crippen LogP contribution in [0.25, 0.3) is 0 Å². The van der Waals surface area contributed by atoms with Gasteiger partial charge in [-0.05, 0) is 50.7 Å². The minimum atomic E-state index is 0.369. The summed E-state index contributed by atoms with van der Waals surface area (Å²) in [5.41, 5.74) is 3.66. The van der Waals surface area contributed by atoms with Crippen molar-refractivity contribution in [3.63, 3.8) is 0 Å². The Kier molecular flexibility index (Phi) is 7.38. The first kappa shape index (κ1) is 21.2. The Hall–Kier alpha value is -1.56. The molecular weight excluding hydrogens is 382 g/mol. The second-order valence-electron chi connectivity index (χ2n) is 7.21. The van der Waals surface area contributed by atoms with Gasteiger partial charge >= 0.3 is 0 Å². The summed E-state index contributed by atoms with van der Waals surface area (Å²) in [6.07, 6.45) is 1.07. The second-order valence-corrected chi connectivity index (χ2v) is 8.71. The fourth-order valence-corrected chi connectivity index (χ4v) is 4.96. The van der Waals surface area contributed by atoms with Crippen molar-refractivity contribution in [2.24, 2.45) is 0 Å². The lowest BCUT2D eigenvalue weighted by atomic mass is 10.1. The molecule has 1 atom stereocenters. The second kappa shape index (κ2) is 9.77. The highest BCUT2D eigenvalue weighted by molar-refractivity contribution is 7.99. The molecule has 0 amide bonds. The normalized spacial score (nSPS) is 13.8.